The van der Waals surface area contributed by atoms with E-state index in [1.807, 2.05) is 38.1 Å². The fourth-order valence-electron chi connectivity index (χ4n) is 8.10. The van der Waals surface area contributed by atoms with Crippen LogP contribution < -0.4 is 4.74 Å². The Morgan fingerprint density at radius 1 is 0.854 bits per heavy atom. The van der Waals surface area contributed by atoms with Gasteiger partial charge in [0.05, 0.1) is 38.6 Å². The lowest BCUT2D eigenvalue weighted by molar-refractivity contribution is -0.280. The molecule has 2 aliphatic heterocycles. The predicted octanol–water partition coefficient (Wildman–Crippen LogP) is 8.98. The lowest BCUT2D eigenvalue weighted by Gasteiger charge is -2.50. The second-order valence-corrected chi connectivity index (χ2v) is 14.5. The number of esters is 2. The van der Waals surface area contributed by atoms with E-state index in [0.717, 1.165) is 81.1 Å². The molecule has 262 valence electrons. The lowest BCUT2D eigenvalue weighted by Crippen LogP contribution is -2.52. The van der Waals surface area contributed by atoms with Crippen molar-refractivity contribution in [3.05, 3.63) is 76.9 Å². The maximum atomic E-state index is 13.7. The lowest BCUT2D eigenvalue weighted by atomic mass is 9.62. The van der Waals surface area contributed by atoms with Gasteiger partial charge in [0.25, 0.3) is 0 Å². The smallest absolute Gasteiger partial charge is 0.342 e. The van der Waals surface area contributed by atoms with Crippen molar-refractivity contribution in [3.63, 3.8) is 0 Å². The molecule has 1 spiro atoms. The summed E-state index contributed by atoms with van der Waals surface area (Å²) in [7, 11) is 1.66. The van der Waals surface area contributed by atoms with Crippen LogP contribution in [0.25, 0.3) is 0 Å². The molecule has 1 fully saturated rings. The van der Waals surface area contributed by atoms with E-state index in [1.54, 1.807) is 7.11 Å². The molecule has 1 saturated heterocycles. The zero-order valence-electron chi connectivity index (χ0n) is 29.8. The van der Waals surface area contributed by atoms with Gasteiger partial charge in [-0.2, -0.15) is 0 Å². The van der Waals surface area contributed by atoms with Crippen molar-refractivity contribution in [2.75, 3.05) is 20.3 Å². The molecular formula is C41H56O7. The monoisotopic (exact) mass is 660 g/mol. The molecule has 5 rings (SSSR count). The van der Waals surface area contributed by atoms with Gasteiger partial charge < -0.3 is 23.7 Å². The average Bonchev–Trinajstić information content (AvgIpc) is 3.31. The second kappa shape index (κ2) is 16.6. The number of ether oxygens (including phenoxy) is 5. The van der Waals surface area contributed by atoms with Crippen molar-refractivity contribution in [1.29, 1.82) is 0 Å². The summed E-state index contributed by atoms with van der Waals surface area (Å²) in [5.41, 5.74) is 2.52. The van der Waals surface area contributed by atoms with Crippen molar-refractivity contribution < 1.29 is 33.3 Å². The Morgan fingerprint density at radius 2 is 1.50 bits per heavy atom. The Morgan fingerprint density at radius 3 is 2.12 bits per heavy atom. The zero-order valence-corrected chi connectivity index (χ0v) is 29.8. The summed E-state index contributed by atoms with van der Waals surface area (Å²) in [6, 6.07) is 7.91. The number of hydrogen-bond donors (Lipinski definition) is 0. The summed E-state index contributed by atoms with van der Waals surface area (Å²) in [6.07, 6.45) is 22.0. The van der Waals surface area contributed by atoms with Gasteiger partial charge in [0.15, 0.2) is 5.79 Å². The largest absolute Gasteiger partial charge is 0.497 e. The number of hydrogen-bond acceptors (Lipinski definition) is 7. The van der Waals surface area contributed by atoms with Gasteiger partial charge in [0.2, 0.25) is 0 Å². The molecule has 0 radical (unpaired) electrons. The molecule has 4 atom stereocenters. The van der Waals surface area contributed by atoms with Crippen molar-refractivity contribution in [2.45, 2.75) is 117 Å². The zero-order chi connectivity index (χ0) is 34.1. The second-order valence-electron chi connectivity index (χ2n) is 14.5. The first kappa shape index (κ1) is 36.3. The van der Waals surface area contributed by atoms with E-state index >= 15 is 0 Å². The van der Waals surface area contributed by atoms with E-state index in [1.165, 1.54) is 0 Å². The van der Waals surface area contributed by atoms with Crippen molar-refractivity contribution in [3.8, 4) is 5.75 Å². The van der Waals surface area contributed by atoms with Crippen LogP contribution in [-0.4, -0.2) is 44.2 Å². The number of fused-ring (bicyclic) bond motifs is 4. The standard InChI is InChI=1S/C41H56O7/c1-6-8-10-12-14-16-18-30-24-34-37(45-26-29-20-22-31(44-5)23-21-29)35(32(30)19-17-15-13-11-9-7-2)36-33(38(42)48-39(36)43)25-41(34)27-46-40(3,4)47-28-41/h6-9,20-24,30,32,35,37H,10-19,25-28H2,1-5H3/b8-6+,9-7+/t30-,32+,35+,37?/m1/s1. The van der Waals surface area contributed by atoms with E-state index < -0.39 is 29.2 Å². The summed E-state index contributed by atoms with van der Waals surface area (Å²) >= 11 is 0. The Balaban J connectivity index is 1.55. The van der Waals surface area contributed by atoms with E-state index in [2.05, 4.69) is 44.2 Å². The first-order valence-corrected chi connectivity index (χ1v) is 18.2. The summed E-state index contributed by atoms with van der Waals surface area (Å²) < 4.78 is 30.5. The molecule has 1 aromatic carbocycles. The summed E-state index contributed by atoms with van der Waals surface area (Å²) in [5, 5.41) is 0. The average molecular weight is 661 g/mol. The highest BCUT2D eigenvalue weighted by atomic mass is 16.7. The molecule has 2 bridgehead atoms. The third-order valence-electron chi connectivity index (χ3n) is 10.7. The maximum absolute atomic E-state index is 13.7. The topological polar surface area (TPSA) is 80.3 Å². The number of unbranched alkanes of at least 4 members (excludes halogenated alkanes) is 6. The summed E-state index contributed by atoms with van der Waals surface area (Å²) in [4.78, 5) is 27.2. The molecule has 4 aliphatic rings. The molecule has 7 nitrogen and oxygen atoms in total. The fraction of sp³-hybridized carbons (Fsp3) is 0.610. The number of benzene rings is 1. The molecule has 0 saturated carbocycles. The first-order chi connectivity index (χ1) is 23.2. The molecule has 1 aromatic rings. The van der Waals surface area contributed by atoms with Crippen molar-refractivity contribution >= 4 is 11.9 Å². The molecule has 2 aliphatic carbocycles. The van der Waals surface area contributed by atoms with Crippen LogP contribution in [0.5, 0.6) is 5.75 Å². The van der Waals surface area contributed by atoms with E-state index in [-0.39, 0.29) is 17.8 Å². The van der Waals surface area contributed by atoms with Gasteiger partial charge in [0.1, 0.15) is 5.75 Å². The highest BCUT2D eigenvalue weighted by molar-refractivity contribution is 6.13. The first-order valence-electron chi connectivity index (χ1n) is 18.2. The number of carbonyl (C=O) groups is 2. The van der Waals surface area contributed by atoms with Gasteiger partial charge in [-0.1, -0.05) is 68.2 Å². The van der Waals surface area contributed by atoms with Gasteiger partial charge in [-0.25, -0.2) is 9.59 Å². The molecule has 0 aromatic heterocycles. The minimum Gasteiger partial charge on any atom is -0.497 e. The predicted molar refractivity (Wildman–Crippen MR) is 187 cm³/mol. The highest BCUT2D eigenvalue weighted by Gasteiger charge is 2.58. The normalized spacial score (nSPS) is 26.2. The van der Waals surface area contributed by atoms with Gasteiger partial charge in [-0.15, -0.1) is 0 Å². The van der Waals surface area contributed by atoms with E-state index in [4.69, 9.17) is 23.7 Å². The van der Waals surface area contributed by atoms with Crippen molar-refractivity contribution in [2.24, 2.45) is 23.2 Å². The molecule has 48 heavy (non-hydrogen) atoms. The molecule has 1 unspecified atom stereocenters. The van der Waals surface area contributed by atoms with E-state index in [0.29, 0.717) is 37.4 Å². The van der Waals surface area contributed by atoms with Crippen LogP contribution in [0.1, 0.15) is 104 Å². The van der Waals surface area contributed by atoms with Crippen LogP contribution in [0.2, 0.25) is 0 Å². The number of carbonyl (C=O) groups excluding carboxylic acids is 2. The number of rotatable bonds is 16. The minimum atomic E-state index is -0.739. The van der Waals surface area contributed by atoms with Crippen LogP contribution in [0.3, 0.4) is 0 Å². The number of allylic oxidation sites excluding steroid dienone is 5. The SMILES string of the molecule is C/C=C/CCCCC[C@H]1[C@H](CCCCC/C=C/C)C=C2C(OCc3ccc(OC)cc3)[C@@H]1C1=C(CC23COC(C)(C)OC3)C(=O)OC1=O. The highest BCUT2D eigenvalue weighted by Crippen LogP contribution is 2.57. The van der Waals surface area contributed by atoms with Crippen LogP contribution in [0, 0.1) is 23.2 Å². The Kier molecular flexibility index (Phi) is 12.6. The van der Waals surface area contributed by atoms with Crippen LogP contribution in [0.4, 0.5) is 0 Å². The van der Waals surface area contributed by atoms with Crippen LogP contribution in [-0.2, 0) is 35.1 Å². The molecular weight excluding hydrogens is 604 g/mol. The van der Waals surface area contributed by atoms with E-state index in [9.17, 15) is 9.59 Å². The van der Waals surface area contributed by atoms with Crippen molar-refractivity contribution in [1.82, 2.24) is 0 Å². The Labute approximate surface area is 287 Å². The van der Waals surface area contributed by atoms with Gasteiger partial charge in [-0.05, 0) is 108 Å². The number of methoxy groups -OCH3 is 1. The van der Waals surface area contributed by atoms with Crippen LogP contribution in [0.15, 0.2) is 71.4 Å². The summed E-state index contributed by atoms with van der Waals surface area (Å²) in [5.74, 6) is -0.871. The molecule has 2 heterocycles. The Bertz CT molecular complexity index is 1370. The molecule has 0 amide bonds. The maximum Gasteiger partial charge on any atom is 0.342 e. The quantitative estimate of drug-likeness (QED) is 0.0758. The van der Waals surface area contributed by atoms with Gasteiger partial charge in [0, 0.05) is 16.9 Å². The third-order valence-corrected chi connectivity index (χ3v) is 10.7. The Hall–Kier alpha value is -3.00. The fourth-order valence-corrected chi connectivity index (χ4v) is 8.10. The molecule has 7 heteroatoms. The van der Waals surface area contributed by atoms with Gasteiger partial charge in [-0.3, -0.25) is 0 Å². The number of cyclic esters (lactones) is 2. The summed E-state index contributed by atoms with van der Waals surface area (Å²) in [6.45, 7) is 9.11. The minimum absolute atomic E-state index is 0.146. The third kappa shape index (κ3) is 8.40. The molecule has 0 N–H and O–H groups in total. The van der Waals surface area contributed by atoms with Gasteiger partial charge >= 0.3 is 11.9 Å². The van der Waals surface area contributed by atoms with Crippen LogP contribution >= 0.6 is 0 Å².